The molecule has 0 heterocycles. The van der Waals surface area contributed by atoms with E-state index in [1.807, 2.05) is 0 Å². The van der Waals surface area contributed by atoms with Gasteiger partial charge in [-0.25, -0.2) is 4.57 Å². The number of unbranched alkanes of at least 4 members (excludes halogenated alkanes) is 9. The molecule has 0 aliphatic heterocycles. The number of phosphoric ester groups is 1. The van der Waals surface area contributed by atoms with Gasteiger partial charge in [-0.3, -0.25) is 9.05 Å². The topological polar surface area (TPSA) is 81.8 Å². The minimum atomic E-state index is -3.87. The van der Waals surface area contributed by atoms with E-state index >= 15 is 0 Å². The highest BCUT2D eigenvalue weighted by Gasteiger charge is 2.19. The average molecular weight is 309 g/mol. The van der Waals surface area contributed by atoms with Gasteiger partial charge >= 0.3 is 7.82 Å². The van der Waals surface area contributed by atoms with Crippen molar-refractivity contribution in [1.29, 1.82) is 0 Å². The van der Waals surface area contributed by atoms with Crippen LogP contribution in [0, 0.1) is 0 Å². The molecule has 0 saturated heterocycles. The smallest absolute Gasteiger partial charge is 0.328 e. The second-order valence-electron chi connectivity index (χ2n) is 5.11. The zero-order valence-corrected chi connectivity index (χ0v) is 13.8. The second kappa shape index (κ2) is 14.0. The Morgan fingerprint density at radius 1 is 0.850 bits per heavy atom. The van der Waals surface area contributed by atoms with Crippen molar-refractivity contribution in [2.45, 2.75) is 71.1 Å². The molecule has 122 valence electrons. The lowest BCUT2D eigenvalue weighted by molar-refractivity contribution is 0.150. The Kier molecular flexibility index (Phi) is 14.1. The fourth-order valence-electron chi connectivity index (χ4n) is 1.97. The molecule has 6 heteroatoms. The lowest BCUT2D eigenvalue weighted by Gasteiger charge is -2.11. The summed E-state index contributed by atoms with van der Waals surface area (Å²) in [6.07, 6.45) is 12.2. The standard InChI is InChI=1S/C14H32NO4P/c1-2-3-4-5-6-7-8-9-10-11-13-18-20(16,17)19-14-12-15/h2-15H2,1H3,(H,16,17). The van der Waals surface area contributed by atoms with Gasteiger partial charge in [-0.1, -0.05) is 64.7 Å². The summed E-state index contributed by atoms with van der Waals surface area (Å²) in [7, 11) is -3.87. The molecule has 20 heavy (non-hydrogen) atoms. The summed E-state index contributed by atoms with van der Waals surface area (Å²) in [4.78, 5) is 9.24. The van der Waals surface area contributed by atoms with Crippen LogP contribution < -0.4 is 5.73 Å². The average Bonchev–Trinajstić information content (AvgIpc) is 2.42. The zero-order chi connectivity index (χ0) is 15.1. The Labute approximate surface area is 123 Å². The maximum Gasteiger partial charge on any atom is 0.472 e. The van der Waals surface area contributed by atoms with Crippen LogP contribution in [0.1, 0.15) is 71.1 Å². The molecule has 0 aromatic rings. The summed E-state index contributed by atoms with van der Waals surface area (Å²) >= 11 is 0. The van der Waals surface area contributed by atoms with Crippen molar-refractivity contribution < 1.29 is 18.5 Å². The second-order valence-corrected chi connectivity index (χ2v) is 6.56. The number of phosphoric acid groups is 1. The van der Waals surface area contributed by atoms with Gasteiger partial charge in [-0.05, 0) is 6.42 Å². The summed E-state index contributed by atoms with van der Waals surface area (Å²) in [5.41, 5.74) is 5.18. The lowest BCUT2D eigenvalue weighted by Crippen LogP contribution is -2.08. The van der Waals surface area contributed by atoms with E-state index < -0.39 is 7.82 Å². The summed E-state index contributed by atoms with van der Waals surface area (Å²) < 4.78 is 20.8. The maximum atomic E-state index is 11.3. The SMILES string of the molecule is CCCCCCCCCCCCOP(=O)(O)OCCN. The molecule has 5 nitrogen and oxygen atoms in total. The van der Waals surface area contributed by atoms with E-state index in [4.69, 9.17) is 10.3 Å². The number of hydrogen-bond donors (Lipinski definition) is 2. The molecular weight excluding hydrogens is 277 g/mol. The van der Waals surface area contributed by atoms with Gasteiger partial charge in [0.15, 0.2) is 0 Å². The molecule has 3 N–H and O–H groups in total. The molecule has 1 atom stereocenters. The number of nitrogens with two attached hydrogens (primary N) is 1. The van der Waals surface area contributed by atoms with Gasteiger partial charge in [0.2, 0.25) is 0 Å². The Balaban J connectivity index is 3.22. The van der Waals surface area contributed by atoms with Crippen LogP contribution in [0.3, 0.4) is 0 Å². The van der Waals surface area contributed by atoms with Crippen molar-refractivity contribution in [2.24, 2.45) is 5.73 Å². The van der Waals surface area contributed by atoms with Crippen molar-refractivity contribution >= 4 is 7.82 Å². The van der Waals surface area contributed by atoms with Gasteiger partial charge in [0.05, 0.1) is 13.2 Å². The van der Waals surface area contributed by atoms with Crippen molar-refractivity contribution in [2.75, 3.05) is 19.8 Å². The number of hydrogen-bond acceptors (Lipinski definition) is 4. The van der Waals surface area contributed by atoms with Crippen LogP contribution in [-0.4, -0.2) is 24.7 Å². The molecule has 0 rings (SSSR count). The molecule has 0 bridgehead atoms. The van der Waals surface area contributed by atoms with Gasteiger partial charge in [-0.2, -0.15) is 0 Å². The fourth-order valence-corrected chi connectivity index (χ4v) is 2.75. The van der Waals surface area contributed by atoms with Gasteiger partial charge in [-0.15, -0.1) is 0 Å². The fraction of sp³-hybridized carbons (Fsp3) is 1.00. The van der Waals surface area contributed by atoms with E-state index in [1.54, 1.807) is 0 Å². The van der Waals surface area contributed by atoms with Crippen LogP contribution in [-0.2, 0) is 13.6 Å². The van der Waals surface area contributed by atoms with Crippen molar-refractivity contribution in [1.82, 2.24) is 0 Å². The first-order valence-corrected chi connectivity index (χ1v) is 9.44. The van der Waals surface area contributed by atoms with E-state index in [1.165, 1.54) is 44.9 Å². The van der Waals surface area contributed by atoms with E-state index in [-0.39, 0.29) is 19.8 Å². The van der Waals surface area contributed by atoms with Crippen LogP contribution in [0.5, 0.6) is 0 Å². The first-order chi connectivity index (χ1) is 9.62. The van der Waals surface area contributed by atoms with Crippen LogP contribution in [0.15, 0.2) is 0 Å². The van der Waals surface area contributed by atoms with Gasteiger partial charge in [0.1, 0.15) is 0 Å². The Hall–Kier alpha value is 0.0700. The molecule has 0 aromatic heterocycles. The molecule has 0 fully saturated rings. The molecule has 0 amide bonds. The molecule has 0 aliphatic rings. The maximum absolute atomic E-state index is 11.3. The Morgan fingerprint density at radius 3 is 1.80 bits per heavy atom. The van der Waals surface area contributed by atoms with Crippen LogP contribution in [0.4, 0.5) is 0 Å². The third kappa shape index (κ3) is 14.5. The van der Waals surface area contributed by atoms with Gasteiger partial charge in [0, 0.05) is 6.54 Å². The Bertz CT molecular complexity index is 251. The number of rotatable bonds is 15. The predicted molar refractivity (Wildman–Crippen MR) is 82.6 cm³/mol. The third-order valence-electron chi connectivity index (χ3n) is 3.12. The first kappa shape index (κ1) is 20.1. The highest BCUT2D eigenvalue weighted by molar-refractivity contribution is 7.47. The van der Waals surface area contributed by atoms with Crippen molar-refractivity contribution in [3.63, 3.8) is 0 Å². The minimum absolute atomic E-state index is 0.0474. The minimum Gasteiger partial charge on any atom is -0.328 e. The van der Waals surface area contributed by atoms with E-state index in [9.17, 15) is 9.46 Å². The molecule has 1 unspecified atom stereocenters. The van der Waals surface area contributed by atoms with Crippen molar-refractivity contribution in [3.05, 3.63) is 0 Å². The van der Waals surface area contributed by atoms with Crippen LogP contribution >= 0.6 is 7.82 Å². The van der Waals surface area contributed by atoms with E-state index in [0.29, 0.717) is 0 Å². The van der Waals surface area contributed by atoms with Gasteiger partial charge in [0.25, 0.3) is 0 Å². The predicted octanol–water partition coefficient (Wildman–Crippen LogP) is 4.00. The lowest BCUT2D eigenvalue weighted by atomic mass is 10.1. The quantitative estimate of drug-likeness (QED) is 0.353. The summed E-state index contributed by atoms with van der Waals surface area (Å²) in [5, 5.41) is 0. The summed E-state index contributed by atoms with van der Waals surface area (Å²) in [6.45, 7) is 2.77. The van der Waals surface area contributed by atoms with E-state index in [0.717, 1.165) is 19.3 Å². The third-order valence-corrected chi connectivity index (χ3v) is 4.14. The molecule has 0 aromatic carbocycles. The monoisotopic (exact) mass is 309 g/mol. The first-order valence-electron chi connectivity index (χ1n) is 7.94. The van der Waals surface area contributed by atoms with Crippen LogP contribution in [0.25, 0.3) is 0 Å². The zero-order valence-electron chi connectivity index (χ0n) is 12.9. The molecule has 0 spiro atoms. The highest BCUT2D eigenvalue weighted by atomic mass is 31.2. The highest BCUT2D eigenvalue weighted by Crippen LogP contribution is 2.42. The Morgan fingerprint density at radius 2 is 1.30 bits per heavy atom. The normalized spacial score (nSPS) is 14.3. The van der Waals surface area contributed by atoms with Crippen LogP contribution in [0.2, 0.25) is 0 Å². The van der Waals surface area contributed by atoms with Gasteiger partial charge < -0.3 is 10.6 Å². The van der Waals surface area contributed by atoms with E-state index in [2.05, 4.69) is 11.4 Å². The van der Waals surface area contributed by atoms with Crippen molar-refractivity contribution in [3.8, 4) is 0 Å². The molecular formula is C14H32NO4P. The molecule has 0 radical (unpaired) electrons. The molecule has 0 aliphatic carbocycles. The molecule has 0 saturated carbocycles. The summed E-state index contributed by atoms with van der Waals surface area (Å²) in [5.74, 6) is 0. The largest absolute Gasteiger partial charge is 0.472 e. The summed E-state index contributed by atoms with van der Waals surface area (Å²) in [6, 6.07) is 0.